The number of aliphatic hydroxyl groups excluding tert-OH is 1. The number of amides is 1. The number of rotatable bonds is 5. The molecule has 5 nitrogen and oxygen atoms in total. The molecule has 0 spiro atoms. The van der Waals surface area contributed by atoms with Crippen LogP contribution in [0.4, 0.5) is 5.13 Å². The van der Waals surface area contributed by atoms with E-state index in [2.05, 4.69) is 26.8 Å². The number of benzene rings is 3. The van der Waals surface area contributed by atoms with Gasteiger partial charge in [-0.15, -0.1) is 0 Å². The second-order valence-electron chi connectivity index (χ2n) is 9.15. The topological polar surface area (TPSA) is 70.5 Å². The zero-order valence-corrected chi connectivity index (χ0v) is 21.7. The zero-order chi connectivity index (χ0) is 25.6. The Hall–Kier alpha value is -3.48. The number of thiazole rings is 1. The van der Waals surface area contributed by atoms with E-state index < -0.39 is 17.7 Å². The molecule has 1 aliphatic rings. The number of aromatic nitrogens is 1. The number of anilines is 1. The Morgan fingerprint density at radius 1 is 1.06 bits per heavy atom. The lowest BCUT2D eigenvalue weighted by Gasteiger charge is -2.23. The lowest BCUT2D eigenvalue weighted by molar-refractivity contribution is -0.132. The Labute approximate surface area is 218 Å². The van der Waals surface area contributed by atoms with Crippen molar-refractivity contribution in [3.05, 3.63) is 99.6 Å². The fraction of sp³-hybridized carbons (Fsp3) is 0.207. The maximum atomic E-state index is 13.4. The summed E-state index contributed by atoms with van der Waals surface area (Å²) in [5, 5.41) is 12.2. The minimum absolute atomic E-state index is 0.0353. The monoisotopic (exact) mass is 516 g/mol. The molecule has 4 aromatic rings. The predicted octanol–water partition coefficient (Wildman–Crippen LogP) is 7.26. The van der Waals surface area contributed by atoms with Crippen molar-refractivity contribution < 1.29 is 14.7 Å². The van der Waals surface area contributed by atoms with Gasteiger partial charge in [0.25, 0.3) is 5.78 Å². The molecule has 1 aromatic heterocycles. The van der Waals surface area contributed by atoms with Crippen LogP contribution in [-0.2, 0) is 16.0 Å². The summed E-state index contributed by atoms with van der Waals surface area (Å²) in [6.45, 7) is 6.29. The van der Waals surface area contributed by atoms with Crippen molar-refractivity contribution in [1.29, 1.82) is 0 Å². The number of hydrogen-bond donors (Lipinski definition) is 1. The number of ketones is 1. The molecule has 7 heteroatoms. The van der Waals surface area contributed by atoms with Crippen molar-refractivity contribution in [3.8, 4) is 0 Å². The van der Waals surface area contributed by atoms with Gasteiger partial charge < -0.3 is 5.11 Å². The summed E-state index contributed by atoms with van der Waals surface area (Å²) in [6.07, 6.45) is 0.886. The molecule has 1 amide bonds. The number of halogens is 1. The summed E-state index contributed by atoms with van der Waals surface area (Å²) >= 11 is 7.39. The zero-order valence-electron chi connectivity index (χ0n) is 20.2. The minimum Gasteiger partial charge on any atom is -0.507 e. The lowest BCUT2D eigenvalue weighted by atomic mass is 9.93. The van der Waals surface area contributed by atoms with Gasteiger partial charge in [-0.25, -0.2) is 4.98 Å². The van der Waals surface area contributed by atoms with E-state index in [0.29, 0.717) is 21.6 Å². The van der Waals surface area contributed by atoms with E-state index >= 15 is 0 Å². The fourth-order valence-electron chi connectivity index (χ4n) is 4.45. The molecule has 0 saturated carbocycles. The first-order valence-corrected chi connectivity index (χ1v) is 13.0. The molecule has 182 valence electrons. The summed E-state index contributed by atoms with van der Waals surface area (Å²) < 4.78 is 0.942. The molecule has 2 heterocycles. The Morgan fingerprint density at radius 2 is 1.75 bits per heavy atom. The third kappa shape index (κ3) is 4.21. The van der Waals surface area contributed by atoms with Crippen LogP contribution in [-0.4, -0.2) is 21.8 Å². The van der Waals surface area contributed by atoms with E-state index in [9.17, 15) is 14.7 Å². The highest BCUT2D eigenvalue weighted by Crippen LogP contribution is 2.44. The molecule has 0 radical (unpaired) electrons. The fourth-order valence-corrected chi connectivity index (χ4v) is 5.63. The number of aryl methyl sites for hydroxylation is 1. The first-order chi connectivity index (χ1) is 17.3. The molecule has 36 heavy (non-hydrogen) atoms. The maximum Gasteiger partial charge on any atom is 0.301 e. The van der Waals surface area contributed by atoms with E-state index in [1.54, 1.807) is 24.3 Å². The highest BCUT2D eigenvalue weighted by atomic mass is 35.5. The molecule has 1 atom stereocenters. The molecule has 1 saturated heterocycles. The summed E-state index contributed by atoms with van der Waals surface area (Å²) in [7, 11) is 0. The lowest BCUT2D eigenvalue weighted by Crippen LogP contribution is -2.29. The van der Waals surface area contributed by atoms with E-state index in [1.807, 2.05) is 36.4 Å². The van der Waals surface area contributed by atoms with E-state index in [1.165, 1.54) is 21.8 Å². The second-order valence-corrected chi connectivity index (χ2v) is 10.6. The predicted molar refractivity (Wildman–Crippen MR) is 146 cm³/mol. The molecule has 5 rings (SSSR count). The van der Waals surface area contributed by atoms with Crippen molar-refractivity contribution in [2.75, 3.05) is 4.90 Å². The van der Waals surface area contributed by atoms with Crippen molar-refractivity contribution in [2.45, 2.75) is 39.2 Å². The van der Waals surface area contributed by atoms with Crippen molar-refractivity contribution in [1.82, 2.24) is 4.98 Å². The highest BCUT2D eigenvalue weighted by Gasteiger charge is 2.48. The van der Waals surface area contributed by atoms with Gasteiger partial charge in [0.1, 0.15) is 5.76 Å². The smallest absolute Gasteiger partial charge is 0.301 e. The largest absolute Gasteiger partial charge is 0.507 e. The van der Waals surface area contributed by atoms with Gasteiger partial charge in [0.15, 0.2) is 5.13 Å². The summed E-state index contributed by atoms with van der Waals surface area (Å²) in [4.78, 5) is 33.0. The molecule has 1 aliphatic heterocycles. The van der Waals surface area contributed by atoms with Gasteiger partial charge in [-0.2, -0.15) is 0 Å². The summed E-state index contributed by atoms with van der Waals surface area (Å²) in [6, 6.07) is 19.6. The Bertz CT molecular complexity index is 1500. The van der Waals surface area contributed by atoms with E-state index in [0.717, 1.165) is 27.8 Å². The first-order valence-electron chi connectivity index (χ1n) is 11.8. The van der Waals surface area contributed by atoms with Gasteiger partial charge >= 0.3 is 5.91 Å². The van der Waals surface area contributed by atoms with Crippen LogP contribution in [0.15, 0.2) is 72.3 Å². The van der Waals surface area contributed by atoms with Gasteiger partial charge in [0.2, 0.25) is 0 Å². The minimum atomic E-state index is -0.812. The Kier molecular flexibility index (Phi) is 6.41. The van der Waals surface area contributed by atoms with Crippen LogP contribution in [0.25, 0.3) is 16.0 Å². The van der Waals surface area contributed by atoms with Gasteiger partial charge in [0.05, 0.1) is 21.8 Å². The summed E-state index contributed by atoms with van der Waals surface area (Å²) in [5.74, 6) is -1.36. The summed E-state index contributed by atoms with van der Waals surface area (Å²) in [5.41, 5.74) is 4.25. The highest BCUT2D eigenvalue weighted by molar-refractivity contribution is 7.22. The van der Waals surface area contributed by atoms with E-state index in [-0.39, 0.29) is 11.3 Å². The molecular formula is C29H25ClN2O3S. The van der Waals surface area contributed by atoms with Crippen LogP contribution < -0.4 is 4.90 Å². The van der Waals surface area contributed by atoms with Gasteiger partial charge in [-0.1, -0.05) is 74.0 Å². The number of carbonyl (C=O) groups excluding carboxylic acids is 2. The third-order valence-corrected chi connectivity index (χ3v) is 7.81. The van der Waals surface area contributed by atoms with Crippen LogP contribution in [0.5, 0.6) is 0 Å². The normalized spacial score (nSPS) is 17.5. The van der Waals surface area contributed by atoms with Gasteiger partial charge in [0, 0.05) is 10.6 Å². The molecular weight excluding hydrogens is 492 g/mol. The Balaban J connectivity index is 1.70. The van der Waals surface area contributed by atoms with Gasteiger partial charge in [-0.05, 0) is 65.4 Å². The van der Waals surface area contributed by atoms with Crippen molar-refractivity contribution >= 4 is 55.7 Å². The molecule has 3 aromatic carbocycles. The SMILES string of the molecule is CCc1ccc2nc(N3C(=O)C(=O)C(=C(O)c4ccc(Cl)cc4)C3c3ccc(C(C)C)cc3)sc2c1. The number of nitrogens with zero attached hydrogens (tertiary/aromatic N) is 2. The number of carbonyl (C=O) groups is 2. The molecule has 1 unspecified atom stereocenters. The van der Waals surface area contributed by atoms with Crippen LogP contribution in [0.1, 0.15) is 55.0 Å². The molecule has 0 bridgehead atoms. The Morgan fingerprint density at radius 3 is 2.39 bits per heavy atom. The van der Waals surface area contributed by atoms with E-state index in [4.69, 9.17) is 16.6 Å². The molecule has 0 aliphatic carbocycles. The number of aliphatic hydroxyl groups is 1. The van der Waals surface area contributed by atoms with Crippen molar-refractivity contribution in [3.63, 3.8) is 0 Å². The average Bonchev–Trinajstić information content (AvgIpc) is 3.41. The first kappa shape index (κ1) is 24.2. The van der Waals surface area contributed by atoms with Crippen LogP contribution in [0.2, 0.25) is 5.02 Å². The van der Waals surface area contributed by atoms with Crippen molar-refractivity contribution in [2.24, 2.45) is 0 Å². The number of hydrogen-bond acceptors (Lipinski definition) is 5. The third-order valence-electron chi connectivity index (χ3n) is 6.54. The number of fused-ring (bicyclic) bond motifs is 1. The van der Waals surface area contributed by atoms with Crippen LogP contribution >= 0.6 is 22.9 Å². The average molecular weight is 517 g/mol. The standard InChI is InChI=1S/C29H25ClN2O3S/c1-4-17-5-14-22-23(15-17)36-29(31-22)32-25(19-8-6-18(7-9-19)16(2)3)24(27(34)28(32)35)26(33)20-10-12-21(30)13-11-20/h5-16,25,33H,4H2,1-3H3. The van der Waals surface area contributed by atoms with Gasteiger partial charge in [-0.3, -0.25) is 14.5 Å². The molecule has 1 N–H and O–H groups in total. The van der Waals surface area contributed by atoms with Crippen LogP contribution in [0, 0.1) is 0 Å². The maximum absolute atomic E-state index is 13.4. The quantitative estimate of drug-likeness (QED) is 0.172. The number of Topliss-reactive ketones (excluding diaryl/α,β-unsaturated/α-hetero) is 1. The second kappa shape index (κ2) is 9.52. The molecule has 1 fully saturated rings. The van der Waals surface area contributed by atoms with Crippen LogP contribution in [0.3, 0.4) is 0 Å².